The van der Waals surface area contributed by atoms with E-state index >= 15 is 0 Å². The highest BCUT2D eigenvalue weighted by Gasteiger charge is 2.27. The quantitative estimate of drug-likeness (QED) is 0.809. The third-order valence-corrected chi connectivity index (χ3v) is 6.31. The minimum atomic E-state index is 0.316. The molecule has 0 N–H and O–H groups in total. The van der Waals surface area contributed by atoms with E-state index in [1.165, 1.54) is 36.9 Å². The summed E-state index contributed by atoms with van der Waals surface area (Å²) in [5.41, 5.74) is 2.50. The molecule has 0 aliphatic carbocycles. The average molecular weight is 358 g/mol. The number of likely N-dealkylation sites (tertiary alicyclic amines) is 2. The minimum Gasteiger partial charge on any atom is -0.338 e. The van der Waals surface area contributed by atoms with Gasteiger partial charge in [0.15, 0.2) is 0 Å². The summed E-state index contributed by atoms with van der Waals surface area (Å²) in [6, 6.07) is 9.77. The fourth-order valence-electron chi connectivity index (χ4n) is 4.40. The van der Waals surface area contributed by atoms with Crippen molar-refractivity contribution in [3.05, 3.63) is 35.4 Å². The van der Waals surface area contributed by atoms with E-state index in [0.717, 1.165) is 32.5 Å². The zero-order valence-electron chi connectivity index (χ0n) is 16.8. The summed E-state index contributed by atoms with van der Waals surface area (Å²) >= 11 is 0. The van der Waals surface area contributed by atoms with Gasteiger partial charge in [0.1, 0.15) is 0 Å². The van der Waals surface area contributed by atoms with Gasteiger partial charge in [0, 0.05) is 38.1 Å². The summed E-state index contributed by atoms with van der Waals surface area (Å²) in [6.07, 6.45) is 6.77. The number of hydrogen-bond acceptors (Lipinski definition) is 3. The molecular formula is C22H35N3O. The van der Waals surface area contributed by atoms with Crippen molar-refractivity contribution in [1.29, 1.82) is 0 Å². The number of amides is 1. The largest absolute Gasteiger partial charge is 0.338 e. The summed E-state index contributed by atoms with van der Waals surface area (Å²) in [4.78, 5) is 19.7. The van der Waals surface area contributed by atoms with Gasteiger partial charge < -0.3 is 14.7 Å². The minimum absolute atomic E-state index is 0.316. The van der Waals surface area contributed by atoms with Crippen molar-refractivity contribution in [2.45, 2.75) is 64.1 Å². The molecular weight excluding hydrogens is 322 g/mol. The van der Waals surface area contributed by atoms with Crippen LogP contribution in [-0.4, -0.2) is 66.4 Å². The van der Waals surface area contributed by atoms with E-state index in [9.17, 15) is 4.79 Å². The second-order valence-corrected chi connectivity index (χ2v) is 8.35. The number of likely N-dealkylation sites (N-methyl/N-ethyl adjacent to an activating group) is 2. The second-order valence-electron chi connectivity index (χ2n) is 8.35. The van der Waals surface area contributed by atoms with Crippen LogP contribution < -0.4 is 0 Å². The maximum atomic E-state index is 12.6. The summed E-state index contributed by atoms with van der Waals surface area (Å²) < 4.78 is 0. The van der Waals surface area contributed by atoms with Crippen molar-refractivity contribution < 1.29 is 4.79 Å². The Balaban J connectivity index is 1.54. The van der Waals surface area contributed by atoms with Crippen LogP contribution in [0.5, 0.6) is 0 Å². The first kappa shape index (κ1) is 19.4. The lowest BCUT2D eigenvalue weighted by Crippen LogP contribution is -2.46. The van der Waals surface area contributed by atoms with Crippen molar-refractivity contribution in [2.24, 2.45) is 0 Å². The van der Waals surface area contributed by atoms with Crippen LogP contribution in [0.3, 0.4) is 0 Å². The molecule has 2 aliphatic heterocycles. The number of benzene rings is 1. The summed E-state index contributed by atoms with van der Waals surface area (Å²) in [7, 11) is 4.52. The molecule has 0 aromatic heterocycles. The van der Waals surface area contributed by atoms with Gasteiger partial charge in [-0.25, -0.2) is 0 Å². The normalized spacial score (nSPS) is 25.5. The third kappa shape index (κ3) is 5.08. The molecule has 2 unspecified atom stereocenters. The van der Waals surface area contributed by atoms with Crippen LogP contribution in [0.4, 0.5) is 0 Å². The lowest BCUT2D eigenvalue weighted by molar-refractivity contribution is -0.131. The molecule has 2 aliphatic rings. The summed E-state index contributed by atoms with van der Waals surface area (Å²) in [5.74, 6) is 0.316. The van der Waals surface area contributed by atoms with Crippen LogP contribution in [0, 0.1) is 6.92 Å². The van der Waals surface area contributed by atoms with E-state index in [4.69, 9.17) is 0 Å². The molecule has 2 fully saturated rings. The van der Waals surface area contributed by atoms with Gasteiger partial charge in [0.05, 0.1) is 0 Å². The first-order valence-corrected chi connectivity index (χ1v) is 10.3. The van der Waals surface area contributed by atoms with Gasteiger partial charge in [-0.1, -0.05) is 36.2 Å². The van der Waals surface area contributed by atoms with Crippen LogP contribution in [0.25, 0.3) is 0 Å². The number of piperidine rings is 1. The summed E-state index contributed by atoms with van der Waals surface area (Å²) in [6.45, 7) is 6.09. The van der Waals surface area contributed by atoms with Crippen molar-refractivity contribution >= 4 is 5.91 Å². The molecule has 2 atom stereocenters. The highest BCUT2D eigenvalue weighted by atomic mass is 16.2. The molecule has 2 heterocycles. The lowest BCUT2D eigenvalue weighted by atomic mass is 10.0. The van der Waals surface area contributed by atoms with Crippen molar-refractivity contribution in [3.63, 3.8) is 0 Å². The Morgan fingerprint density at radius 1 is 1.08 bits per heavy atom. The molecule has 1 aromatic rings. The Morgan fingerprint density at radius 2 is 1.85 bits per heavy atom. The van der Waals surface area contributed by atoms with E-state index in [0.29, 0.717) is 24.4 Å². The van der Waals surface area contributed by atoms with Crippen LogP contribution in [0.1, 0.15) is 49.7 Å². The number of aryl methyl sites for hydroxylation is 1. The van der Waals surface area contributed by atoms with Crippen LogP contribution >= 0.6 is 0 Å². The molecule has 2 saturated heterocycles. The smallest absolute Gasteiger partial charge is 0.222 e. The maximum Gasteiger partial charge on any atom is 0.222 e. The van der Waals surface area contributed by atoms with Gasteiger partial charge >= 0.3 is 0 Å². The molecule has 0 bridgehead atoms. The highest BCUT2D eigenvalue weighted by Crippen LogP contribution is 2.22. The number of carbonyl (C=O) groups excluding carboxylic acids is 1. The Bertz CT molecular complexity index is 586. The number of rotatable bonds is 5. The van der Waals surface area contributed by atoms with E-state index in [2.05, 4.69) is 60.0 Å². The SMILES string of the molecule is Cc1ccc(CN2CCC(N(C)CC3CCCCN3C)CCC2=O)cc1. The van der Waals surface area contributed by atoms with Crippen LogP contribution in [-0.2, 0) is 11.3 Å². The topological polar surface area (TPSA) is 26.8 Å². The van der Waals surface area contributed by atoms with Gasteiger partial charge in [-0.3, -0.25) is 4.79 Å². The molecule has 26 heavy (non-hydrogen) atoms. The lowest BCUT2D eigenvalue weighted by Gasteiger charge is -2.37. The molecule has 0 radical (unpaired) electrons. The van der Waals surface area contributed by atoms with Gasteiger partial charge in [-0.2, -0.15) is 0 Å². The molecule has 0 spiro atoms. The predicted molar refractivity (Wildman–Crippen MR) is 107 cm³/mol. The Kier molecular flexibility index (Phi) is 6.71. The Morgan fingerprint density at radius 3 is 2.58 bits per heavy atom. The van der Waals surface area contributed by atoms with Gasteiger partial charge in [-0.05, 0) is 58.8 Å². The van der Waals surface area contributed by atoms with Crippen molar-refractivity contribution in [1.82, 2.24) is 14.7 Å². The molecule has 144 valence electrons. The number of hydrogen-bond donors (Lipinski definition) is 0. The molecule has 1 amide bonds. The van der Waals surface area contributed by atoms with Crippen molar-refractivity contribution in [3.8, 4) is 0 Å². The predicted octanol–water partition coefficient (Wildman–Crippen LogP) is 3.29. The molecule has 4 nitrogen and oxygen atoms in total. The molecule has 1 aromatic carbocycles. The monoisotopic (exact) mass is 357 g/mol. The first-order valence-electron chi connectivity index (χ1n) is 10.3. The molecule has 4 heteroatoms. The van der Waals surface area contributed by atoms with E-state index in [-0.39, 0.29) is 0 Å². The maximum absolute atomic E-state index is 12.6. The second kappa shape index (κ2) is 9.01. The van der Waals surface area contributed by atoms with E-state index in [1.54, 1.807) is 0 Å². The Hall–Kier alpha value is -1.39. The summed E-state index contributed by atoms with van der Waals surface area (Å²) in [5, 5.41) is 0. The van der Waals surface area contributed by atoms with Crippen molar-refractivity contribution in [2.75, 3.05) is 33.7 Å². The molecule has 3 rings (SSSR count). The Labute approximate surface area is 159 Å². The fraction of sp³-hybridized carbons (Fsp3) is 0.682. The average Bonchev–Trinajstić information content (AvgIpc) is 2.81. The molecule has 0 saturated carbocycles. The number of nitrogens with zero attached hydrogens (tertiary/aromatic N) is 3. The van der Waals surface area contributed by atoms with E-state index in [1.807, 2.05) is 0 Å². The fourth-order valence-corrected chi connectivity index (χ4v) is 4.40. The first-order chi connectivity index (χ1) is 12.5. The highest BCUT2D eigenvalue weighted by molar-refractivity contribution is 5.76. The van der Waals surface area contributed by atoms with E-state index < -0.39 is 0 Å². The van der Waals surface area contributed by atoms with Gasteiger partial charge in [-0.15, -0.1) is 0 Å². The zero-order valence-corrected chi connectivity index (χ0v) is 16.8. The van der Waals surface area contributed by atoms with Crippen LogP contribution in [0.2, 0.25) is 0 Å². The standard InChI is InChI=1S/C22H35N3O/c1-18-7-9-19(10-8-18)16-25-15-13-20(11-12-22(25)26)24(3)17-21-6-4-5-14-23(21)2/h7-10,20-21H,4-6,11-17H2,1-3H3. The van der Waals surface area contributed by atoms with Gasteiger partial charge in [0.2, 0.25) is 5.91 Å². The zero-order chi connectivity index (χ0) is 18.5. The van der Waals surface area contributed by atoms with Gasteiger partial charge in [0.25, 0.3) is 0 Å². The van der Waals surface area contributed by atoms with Crippen LogP contribution in [0.15, 0.2) is 24.3 Å². The number of carbonyl (C=O) groups is 1. The third-order valence-electron chi connectivity index (χ3n) is 6.31.